The van der Waals surface area contributed by atoms with Crippen molar-refractivity contribution in [1.29, 1.82) is 0 Å². The summed E-state index contributed by atoms with van der Waals surface area (Å²) < 4.78 is 130. The number of methoxy groups -OCH3 is 1. The van der Waals surface area contributed by atoms with Gasteiger partial charge in [-0.15, -0.1) is 0 Å². The highest BCUT2D eigenvalue weighted by molar-refractivity contribution is 7.85. The van der Waals surface area contributed by atoms with Gasteiger partial charge in [-0.2, -0.15) is 26.3 Å². The zero-order chi connectivity index (χ0) is 27.9. The third-order valence-corrected chi connectivity index (χ3v) is 5.20. The highest BCUT2D eigenvalue weighted by atomic mass is 32.2. The Bertz CT molecular complexity index is 1010. The van der Waals surface area contributed by atoms with Crippen LogP contribution in [-0.4, -0.2) is 87.6 Å². The van der Waals surface area contributed by atoms with Crippen LogP contribution in [0.4, 0.5) is 26.3 Å². The lowest BCUT2D eigenvalue weighted by Gasteiger charge is -2.33. The van der Waals surface area contributed by atoms with Gasteiger partial charge in [-0.1, -0.05) is 0 Å². The molecule has 0 saturated carbocycles. The van der Waals surface area contributed by atoms with E-state index in [1.165, 1.54) is 7.11 Å². The molecule has 36 heavy (non-hydrogen) atoms. The Morgan fingerprint density at radius 1 is 0.944 bits per heavy atom. The number of ether oxygens (including phenoxy) is 4. The van der Waals surface area contributed by atoms with E-state index in [2.05, 4.69) is 4.74 Å². The molecule has 1 aromatic carbocycles. The summed E-state index contributed by atoms with van der Waals surface area (Å²) in [5.74, 6) is -2.92. The second-order valence-electron chi connectivity index (χ2n) is 7.22. The van der Waals surface area contributed by atoms with E-state index in [-0.39, 0.29) is 26.4 Å². The first kappa shape index (κ1) is 31.6. The molecule has 1 unspecified atom stereocenters. The largest absolute Gasteiger partial charge is 0.744 e. The van der Waals surface area contributed by atoms with E-state index >= 15 is 0 Å². The van der Waals surface area contributed by atoms with Gasteiger partial charge in [-0.3, -0.25) is 0 Å². The van der Waals surface area contributed by atoms with Gasteiger partial charge in [0.05, 0.1) is 35.8 Å². The summed E-state index contributed by atoms with van der Waals surface area (Å²) in [6, 6.07) is 1.60. The molecule has 1 atom stereocenters. The third-order valence-electron chi connectivity index (χ3n) is 4.39. The van der Waals surface area contributed by atoms with E-state index in [0.29, 0.717) is 25.1 Å². The molecule has 10 nitrogen and oxygen atoms in total. The highest BCUT2D eigenvalue weighted by Crippen LogP contribution is 2.46. The Hall–Kier alpha value is -2.47. The fourth-order valence-electron chi connectivity index (χ4n) is 2.60. The molecule has 0 bridgehead atoms. The van der Waals surface area contributed by atoms with Crippen LogP contribution in [0.25, 0.3) is 0 Å². The summed E-state index contributed by atoms with van der Waals surface area (Å²) in [6.45, 7) is 0.547. The van der Waals surface area contributed by atoms with Gasteiger partial charge in [0.25, 0.3) is 5.60 Å². The van der Waals surface area contributed by atoms with Crippen LogP contribution < -0.4 is 0 Å². The van der Waals surface area contributed by atoms with E-state index in [4.69, 9.17) is 14.2 Å². The number of alkyl halides is 6. The van der Waals surface area contributed by atoms with Gasteiger partial charge in [0.15, 0.2) is 0 Å². The zero-order valence-corrected chi connectivity index (χ0v) is 19.5. The predicted molar refractivity (Wildman–Crippen MR) is 104 cm³/mol. The van der Waals surface area contributed by atoms with Crippen molar-refractivity contribution >= 4 is 22.1 Å². The average molecular weight is 555 g/mol. The van der Waals surface area contributed by atoms with Gasteiger partial charge in [0.2, 0.25) is 0 Å². The molecule has 17 heteroatoms. The maximum Gasteiger partial charge on any atom is 0.426 e. The van der Waals surface area contributed by atoms with Gasteiger partial charge in [0.1, 0.15) is 22.8 Å². The van der Waals surface area contributed by atoms with Gasteiger partial charge in [-0.05, 0) is 25.1 Å². The molecule has 1 N–H and O–H groups in total. The van der Waals surface area contributed by atoms with Crippen molar-refractivity contribution in [1.82, 2.24) is 0 Å². The number of rotatable bonds is 12. The SMILES string of the molecule is COCCOCCOC(=O)c1cc(C(=O)OC(C)CC(O)(C(F)(F)F)C(F)(F)F)cc(S(=O)(=O)[O-])c1. The molecule has 0 heterocycles. The van der Waals surface area contributed by atoms with Crippen molar-refractivity contribution in [2.45, 2.75) is 42.3 Å². The molecule has 0 aliphatic rings. The van der Waals surface area contributed by atoms with Gasteiger partial charge in [-0.25, -0.2) is 18.0 Å². The van der Waals surface area contributed by atoms with E-state index in [1.54, 1.807) is 0 Å². The molecule has 0 amide bonds. The first-order valence-electron chi connectivity index (χ1n) is 9.75. The van der Waals surface area contributed by atoms with Crippen LogP contribution in [0.3, 0.4) is 0 Å². The lowest BCUT2D eigenvalue weighted by Crippen LogP contribution is -2.58. The maximum absolute atomic E-state index is 12.9. The van der Waals surface area contributed by atoms with Crippen molar-refractivity contribution in [3.05, 3.63) is 29.3 Å². The normalized spacial score (nSPS) is 13.8. The number of carbonyl (C=O) groups is 2. The summed E-state index contributed by atoms with van der Waals surface area (Å²) in [7, 11) is -3.87. The zero-order valence-electron chi connectivity index (χ0n) is 18.6. The number of hydrogen-bond acceptors (Lipinski definition) is 10. The number of benzene rings is 1. The second-order valence-corrected chi connectivity index (χ2v) is 8.60. The van der Waals surface area contributed by atoms with Crippen LogP contribution in [0.15, 0.2) is 23.1 Å². The Morgan fingerprint density at radius 2 is 1.44 bits per heavy atom. The lowest BCUT2D eigenvalue weighted by molar-refractivity contribution is -0.373. The minimum Gasteiger partial charge on any atom is -0.744 e. The minimum atomic E-state index is -6.17. The monoisotopic (exact) mass is 555 g/mol. The van der Waals surface area contributed by atoms with E-state index < -0.39 is 68.6 Å². The van der Waals surface area contributed by atoms with Crippen LogP contribution in [-0.2, 0) is 29.1 Å². The van der Waals surface area contributed by atoms with Crippen LogP contribution >= 0.6 is 0 Å². The number of aliphatic hydroxyl groups is 1. The molecule has 0 aliphatic heterocycles. The van der Waals surface area contributed by atoms with E-state index in [9.17, 15) is 54.0 Å². The van der Waals surface area contributed by atoms with E-state index in [0.717, 1.165) is 0 Å². The number of carbonyl (C=O) groups excluding carboxylic acids is 2. The number of esters is 2. The minimum absolute atomic E-state index is 0.109. The first-order valence-corrected chi connectivity index (χ1v) is 11.2. The molecule has 0 fully saturated rings. The molecule has 0 radical (unpaired) electrons. The Balaban J connectivity index is 3.11. The van der Waals surface area contributed by atoms with Crippen molar-refractivity contribution in [3.8, 4) is 0 Å². The Kier molecular flexibility index (Phi) is 10.7. The maximum atomic E-state index is 12.9. The molecule has 0 aliphatic carbocycles. The van der Waals surface area contributed by atoms with Crippen LogP contribution in [0.5, 0.6) is 0 Å². The standard InChI is InChI=1S/C19H22F6O10S/c1-11(10-17(28,18(20,21)22)19(23,24)25)35-16(27)13-7-12(8-14(9-13)36(29,30)31)15(26)34-6-5-33-4-3-32-2/h7-9,11,28H,3-6,10H2,1-2H3,(H,29,30,31)/p-1. The highest BCUT2D eigenvalue weighted by Gasteiger charge is 2.70. The molecule has 1 aromatic rings. The third kappa shape index (κ3) is 8.58. The first-order chi connectivity index (χ1) is 16.3. The van der Waals surface area contributed by atoms with Gasteiger partial charge < -0.3 is 28.6 Å². The molecule has 0 aromatic heterocycles. The van der Waals surface area contributed by atoms with Crippen LogP contribution in [0.1, 0.15) is 34.1 Å². The number of hydrogen-bond donors (Lipinski definition) is 1. The lowest BCUT2D eigenvalue weighted by atomic mass is 9.95. The summed E-state index contributed by atoms with van der Waals surface area (Å²) in [6.07, 6.45) is -16.7. The van der Waals surface area contributed by atoms with Gasteiger partial charge in [0, 0.05) is 13.5 Å². The predicted octanol–water partition coefficient (Wildman–Crippen LogP) is 2.20. The van der Waals surface area contributed by atoms with Crippen molar-refractivity contribution in [3.63, 3.8) is 0 Å². The molecular weight excluding hydrogens is 534 g/mol. The summed E-state index contributed by atoms with van der Waals surface area (Å²) >= 11 is 0. The molecule has 0 spiro atoms. The molecule has 206 valence electrons. The average Bonchev–Trinajstić information content (AvgIpc) is 2.73. The summed E-state index contributed by atoms with van der Waals surface area (Å²) in [5.41, 5.74) is -6.75. The molecule has 0 saturated heterocycles. The van der Waals surface area contributed by atoms with Crippen LogP contribution in [0.2, 0.25) is 0 Å². The summed E-state index contributed by atoms with van der Waals surface area (Å²) in [5, 5.41) is 9.22. The van der Waals surface area contributed by atoms with Gasteiger partial charge >= 0.3 is 24.3 Å². The van der Waals surface area contributed by atoms with Crippen molar-refractivity contribution in [2.75, 3.05) is 33.5 Å². The fraction of sp³-hybridized carbons (Fsp3) is 0.579. The second kappa shape index (κ2) is 12.2. The Morgan fingerprint density at radius 3 is 1.92 bits per heavy atom. The van der Waals surface area contributed by atoms with Crippen molar-refractivity contribution < 1.29 is 73.0 Å². The van der Waals surface area contributed by atoms with Crippen LogP contribution in [0, 0.1) is 0 Å². The molecular formula is C19H21F6O10S-. The Labute approximate surface area is 200 Å². The van der Waals surface area contributed by atoms with E-state index in [1.807, 2.05) is 0 Å². The smallest absolute Gasteiger partial charge is 0.426 e. The topological polar surface area (TPSA) is 148 Å². The number of halogens is 6. The summed E-state index contributed by atoms with van der Waals surface area (Å²) in [4.78, 5) is 23.4. The molecule has 1 rings (SSSR count). The van der Waals surface area contributed by atoms with Crippen molar-refractivity contribution in [2.24, 2.45) is 0 Å². The quantitative estimate of drug-likeness (QED) is 0.176. The fourth-order valence-corrected chi connectivity index (χ4v) is 3.14.